The third-order valence-electron chi connectivity index (χ3n) is 4.55. The maximum Gasteiger partial charge on any atom is 0.224 e. The van der Waals surface area contributed by atoms with Gasteiger partial charge in [0.15, 0.2) is 0 Å². The van der Waals surface area contributed by atoms with Gasteiger partial charge in [-0.25, -0.2) is 4.98 Å². The highest BCUT2D eigenvalue weighted by molar-refractivity contribution is 5.79. The molecule has 6 heteroatoms. The summed E-state index contributed by atoms with van der Waals surface area (Å²) >= 11 is 0. The van der Waals surface area contributed by atoms with Crippen molar-refractivity contribution in [1.29, 1.82) is 0 Å². The molecule has 1 saturated heterocycles. The zero-order valence-corrected chi connectivity index (χ0v) is 15.3. The second-order valence-electron chi connectivity index (χ2n) is 6.53. The number of pyridine rings is 1. The van der Waals surface area contributed by atoms with Crippen molar-refractivity contribution in [2.24, 2.45) is 0 Å². The van der Waals surface area contributed by atoms with E-state index < -0.39 is 0 Å². The lowest BCUT2D eigenvalue weighted by Gasteiger charge is -2.17. The predicted octanol–water partition coefficient (Wildman–Crippen LogP) is 2.03. The first-order valence-electron chi connectivity index (χ1n) is 8.80. The Morgan fingerprint density at radius 2 is 2.12 bits per heavy atom. The molecule has 0 spiro atoms. The van der Waals surface area contributed by atoms with Crippen LogP contribution in [0.3, 0.4) is 0 Å². The molecule has 1 aliphatic rings. The highest BCUT2D eigenvalue weighted by Gasteiger charge is 2.24. The van der Waals surface area contributed by atoms with Gasteiger partial charge in [0.1, 0.15) is 5.75 Å². The van der Waals surface area contributed by atoms with Crippen LogP contribution in [0.4, 0.5) is 0 Å². The standard InChI is InChI=1S/C20H25N3O3/c1-25-18-5-3-4-15(10-18)11-19(24)22-17-8-9-23(14-17)13-16-6-7-20(26-2)21-12-16/h3-7,10,12,17H,8-9,11,13-14H2,1-2H3,(H,22,24)/t17-/m1/s1. The van der Waals surface area contributed by atoms with Crippen molar-refractivity contribution in [3.8, 4) is 11.6 Å². The van der Waals surface area contributed by atoms with Crippen molar-refractivity contribution in [3.05, 3.63) is 53.7 Å². The van der Waals surface area contributed by atoms with Crippen LogP contribution in [0.25, 0.3) is 0 Å². The van der Waals surface area contributed by atoms with Gasteiger partial charge in [-0.15, -0.1) is 0 Å². The van der Waals surface area contributed by atoms with Crippen LogP contribution in [0, 0.1) is 0 Å². The average Bonchev–Trinajstić information content (AvgIpc) is 3.09. The van der Waals surface area contributed by atoms with Gasteiger partial charge in [0, 0.05) is 37.9 Å². The van der Waals surface area contributed by atoms with Crippen molar-refractivity contribution < 1.29 is 14.3 Å². The zero-order valence-electron chi connectivity index (χ0n) is 15.3. The molecule has 6 nitrogen and oxygen atoms in total. The van der Waals surface area contributed by atoms with Crippen molar-refractivity contribution in [3.63, 3.8) is 0 Å². The van der Waals surface area contributed by atoms with Crippen LogP contribution in [0.5, 0.6) is 11.6 Å². The Bertz CT molecular complexity index is 733. The third-order valence-corrected chi connectivity index (χ3v) is 4.55. The molecule has 0 aliphatic carbocycles. The highest BCUT2D eigenvalue weighted by atomic mass is 16.5. The van der Waals surface area contributed by atoms with E-state index >= 15 is 0 Å². The maximum absolute atomic E-state index is 12.3. The first-order valence-corrected chi connectivity index (χ1v) is 8.80. The fraction of sp³-hybridized carbons (Fsp3) is 0.400. The number of carbonyl (C=O) groups is 1. The van der Waals surface area contributed by atoms with Crippen molar-refractivity contribution in [1.82, 2.24) is 15.2 Å². The Kier molecular flexibility index (Phi) is 6.07. The molecule has 138 valence electrons. The molecule has 0 saturated carbocycles. The number of nitrogens with one attached hydrogen (secondary N) is 1. The summed E-state index contributed by atoms with van der Waals surface area (Å²) in [6.45, 7) is 2.66. The summed E-state index contributed by atoms with van der Waals surface area (Å²) < 4.78 is 10.3. The highest BCUT2D eigenvalue weighted by Crippen LogP contribution is 2.16. The van der Waals surface area contributed by atoms with Crippen molar-refractivity contribution >= 4 is 5.91 Å². The molecule has 1 N–H and O–H groups in total. The van der Waals surface area contributed by atoms with E-state index in [1.54, 1.807) is 14.2 Å². The monoisotopic (exact) mass is 355 g/mol. The number of amides is 1. The quantitative estimate of drug-likeness (QED) is 0.823. The Morgan fingerprint density at radius 3 is 2.85 bits per heavy atom. The number of carbonyl (C=O) groups excluding carboxylic acids is 1. The van der Waals surface area contributed by atoms with Gasteiger partial charge in [-0.2, -0.15) is 0 Å². The van der Waals surface area contributed by atoms with Gasteiger partial charge in [-0.1, -0.05) is 18.2 Å². The average molecular weight is 355 g/mol. The van der Waals surface area contributed by atoms with Crippen molar-refractivity contribution in [2.45, 2.75) is 25.4 Å². The van der Waals surface area contributed by atoms with Gasteiger partial charge in [0.25, 0.3) is 0 Å². The summed E-state index contributed by atoms with van der Waals surface area (Å²) in [6.07, 6.45) is 3.18. The lowest BCUT2D eigenvalue weighted by Crippen LogP contribution is -2.37. The van der Waals surface area contributed by atoms with Gasteiger partial charge < -0.3 is 14.8 Å². The molecule has 0 radical (unpaired) electrons. The van der Waals surface area contributed by atoms with E-state index in [0.29, 0.717) is 12.3 Å². The number of nitrogens with zero attached hydrogens (tertiary/aromatic N) is 2. The summed E-state index contributed by atoms with van der Waals surface area (Å²) in [7, 11) is 3.24. The van der Waals surface area contributed by atoms with Gasteiger partial charge in [0.2, 0.25) is 11.8 Å². The Balaban J connectivity index is 1.46. The number of hydrogen-bond acceptors (Lipinski definition) is 5. The molecule has 0 bridgehead atoms. The molecule has 26 heavy (non-hydrogen) atoms. The SMILES string of the molecule is COc1cccc(CC(=O)N[C@@H]2CCN(Cc3ccc(OC)nc3)C2)c1. The van der Waals surface area contributed by atoms with Crippen LogP contribution in [0.2, 0.25) is 0 Å². The molecular formula is C20H25N3O3. The summed E-state index contributed by atoms with van der Waals surface area (Å²) in [4.78, 5) is 18.9. The number of benzene rings is 1. The van der Waals surface area contributed by atoms with Gasteiger partial charge in [-0.05, 0) is 29.7 Å². The molecule has 2 aromatic rings. The van der Waals surface area contributed by atoms with E-state index in [9.17, 15) is 4.79 Å². The molecule has 1 fully saturated rings. The normalized spacial score (nSPS) is 17.1. The second-order valence-corrected chi connectivity index (χ2v) is 6.53. The predicted molar refractivity (Wildman–Crippen MR) is 99.3 cm³/mol. The third kappa shape index (κ3) is 4.95. The molecule has 0 unspecified atom stereocenters. The van der Waals surface area contributed by atoms with Gasteiger partial charge in [0.05, 0.1) is 20.6 Å². The number of ether oxygens (including phenoxy) is 2. The first kappa shape index (κ1) is 18.2. The number of aromatic nitrogens is 1. The minimum absolute atomic E-state index is 0.0521. The summed E-state index contributed by atoms with van der Waals surface area (Å²) in [5.74, 6) is 1.45. The largest absolute Gasteiger partial charge is 0.497 e. The van der Waals surface area contributed by atoms with E-state index in [1.165, 1.54) is 0 Å². The molecule has 3 rings (SSSR count). The van der Waals surface area contributed by atoms with E-state index in [1.807, 2.05) is 42.6 Å². The van der Waals surface area contributed by atoms with Crippen LogP contribution in [-0.4, -0.2) is 49.1 Å². The minimum Gasteiger partial charge on any atom is -0.497 e. The van der Waals surface area contributed by atoms with Crippen LogP contribution >= 0.6 is 0 Å². The molecule has 1 amide bonds. The molecule has 2 heterocycles. The van der Waals surface area contributed by atoms with Crippen LogP contribution in [0.1, 0.15) is 17.5 Å². The van der Waals surface area contributed by atoms with Crippen LogP contribution < -0.4 is 14.8 Å². The number of methoxy groups -OCH3 is 2. The fourth-order valence-electron chi connectivity index (χ4n) is 3.22. The smallest absolute Gasteiger partial charge is 0.224 e. The summed E-state index contributed by atoms with van der Waals surface area (Å²) in [6, 6.07) is 11.7. The minimum atomic E-state index is 0.0521. The van der Waals surface area contributed by atoms with Crippen LogP contribution in [0.15, 0.2) is 42.6 Å². The first-order chi connectivity index (χ1) is 12.7. The second kappa shape index (κ2) is 8.67. The molecule has 1 atom stereocenters. The lowest BCUT2D eigenvalue weighted by atomic mass is 10.1. The van der Waals surface area contributed by atoms with Gasteiger partial charge >= 0.3 is 0 Å². The molecule has 1 aromatic heterocycles. The Hall–Kier alpha value is -2.60. The number of hydrogen-bond donors (Lipinski definition) is 1. The summed E-state index contributed by atoms with van der Waals surface area (Å²) in [5.41, 5.74) is 2.11. The molecule has 1 aliphatic heterocycles. The maximum atomic E-state index is 12.3. The van der Waals surface area contributed by atoms with E-state index in [-0.39, 0.29) is 11.9 Å². The summed E-state index contributed by atoms with van der Waals surface area (Å²) in [5, 5.41) is 3.14. The number of likely N-dealkylation sites (tertiary alicyclic amines) is 1. The van der Waals surface area contributed by atoms with E-state index in [4.69, 9.17) is 9.47 Å². The molecule has 1 aromatic carbocycles. The van der Waals surface area contributed by atoms with Crippen molar-refractivity contribution in [2.75, 3.05) is 27.3 Å². The lowest BCUT2D eigenvalue weighted by molar-refractivity contribution is -0.121. The van der Waals surface area contributed by atoms with E-state index in [0.717, 1.165) is 42.9 Å². The van der Waals surface area contributed by atoms with Gasteiger partial charge in [-0.3, -0.25) is 9.69 Å². The molecular weight excluding hydrogens is 330 g/mol. The van der Waals surface area contributed by atoms with Crippen LogP contribution in [-0.2, 0) is 17.8 Å². The fourth-order valence-corrected chi connectivity index (χ4v) is 3.22. The number of rotatable bonds is 7. The Labute approximate surface area is 154 Å². The Morgan fingerprint density at radius 1 is 1.23 bits per heavy atom. The zero-order chi connectivity index (χ0) is 18.4. The van der Waals surface area contributed by atoms with E-state index in [2.05, 4.69) is 15.2 Å². The topological polar surface area (TPSA) is 63.7 Å².